The van der Waals surface area contributed by atoms with Gasteiger partial charge in [-0.2, -0.15) is 0 Å². The summed E-state index contributed by atoms with van der Waals surface area (Å²) in [5.74, 6) is 0.438. The number of hydrogen-bond donors (Lipinski definition) is 0. The van der Waals surface area contributed by atoms with Crippen molar-refractivity contribution in [3.8, 4) is 0 Å². The molecule has 1 heterocycles. The van der Waals surface area contributed by atoms with Gasteiger partial charge < -0.3 is 4.74 Å². The van der Waals surface area contributed by atoms with E-state index in [4.69, 9.17) is 4.74 Å². The molecule has 0 saturated heterocycles. The molecule has 1 aromatic rings. The fourth-order valence-corrected chi connectivity index (χ4v) is 4.38. The Hall–Kier alpha value is -1.57. The Kier molecular flexibility index (Phi) is 2.21. The van der Waals surface area contributed by atoms with Crippen LogP contribution in [-0.4, -0.2) is 12.6 Å². The Morgan fingerprint density at radius 1 is 1.26 bits per heavy atom. The number of aryl methyl sites for hydroxylation is 1. The van der Waals surface area contributed by atoms with E-state index < -0.39 is 0 Å². The third-order valence-electron chi connectivity index (χ3n) is 5.41. The summed E-state index contributed by atoms with van der Waals surface area (Å²) in [5.41, 5.74) is 5.48. The number of rotatable bonds is 0. The SMILES string of the molecule is C[C@]12CCC3=C(COC3=O)[C@@H]1CCc1ccccc12. The van der Waals surface area contributed by atoms with Crippen LogP contribution in [0.15, 0.2) is 35.4 Å². The van der Waals surface area contributed by atoms with Crippen molar-refractivity contribution >= 4 is 5.97 Å². The molecule has 0 bridgehead atoms. The average Bonchev–Trinajstić information content (AvgIpc) is 2.80. The summed E-state index contributed by atoms with van der Waals surface area (Å²) in [7, 11) is 0. The molecule has 2 atom stereocenters. The van der Waals surface area contributed by atoms with E-state index in [0.29, 0.717) is 12.5 Å². The zero-order chi connectivity index (χ0) is 13.0. The van der Waals surface area contributed by atoms with Gasteiger partial charge in [0.15, 0.2) is 0 Å². The summed E-state index contributed by atoms with van der Waals surface area (Å²) in [6.45, 7) is 2.92. The van der Waals surface area contributed by atoms with Crippen molar-refractivity contribution in [1.82, 2.24) is 0 Å². The highest BCUT2D eigenvalue weighted by atomic mass is 16.5. The summed E-state index contributed by atoms with van der Waals surface area (Å²) in [6, 6.07) is 8.83. The van der Waals surface area contributed by atoms with E-state index in [-0.39, 0.29) is 11.4 Å². The van der Waals surface area contributed by atoms with E-state index in [1.807, 2.05) is 0 Å². The quantitative estimate of drug-likeness (QED) is 0.665. The molecule has 2 nitrogen and oxygen atoms in total. The van der Waals surface area contributed by atoms with Crippen molar-refractivity contribution in [3.05, 3.63) is 46.5 Å². The van der Waals surface area contributed by atoms with Gasteiger partial charge in [-0.1, -0.05) is 31.2 Å². The van der Waals surface area contributed by atoms with Crippen LogP contribution in [-0.2, 0) is 21.4 Å². The predicted molar refractivity (Wildman–Crippen MR) is 72.8 cm³/mol. The Balaban J connectivity index is 1.86. The zero-order valence-corrected chi connectivity index (χ0v) is 11.2. The van der Waals surface area contributed by atoms with E-state index in [2.05, 4.69) is 31.2 Å². The van der Waals surface area contributed by atoms with Crippen molar-refractivity contribution in [2.24, 2.45) is 5.92 Å². The number of esters is 1. The zero-order valence-electron chi connectivity index (χ0n) is 11.2. The third-order valence-corrected chi connectivity index (χ3v) is 5.41. The lowest BCUT2D eigenvalue weighted by atomic mass is 9.57. The molecule has 3 aliphatic rings. The Morgan fingerprint density at radius 2 is 2.11 bits per heavy atom. The maximum Gasteiger partial charge on any atom is 0.334 e. The monoisotopic (exact) mass is 254 g/mol. The molecule has 0 spiro atoms. The molecular weight excluding hydrogens is 236 g/mol. The molecule has 0 amide bonds. The molecule has 0 aromatic heterocycles. The molecule has 1 aromatic carbocycles. The largest absolute Gasteiger partial charge is 0.458 e. The molecule has 0 N–H and O–H groups in total. The van der Waals surface area contributed by atoms with Gasteiger partial charge in [-0.15, -0.1) is 0 Å². The highest BCUT2D eigenvalue weighted by Gasteiger charge is 2.48. The molecule has 98 valence electrons. The van der Waals surface area contributed by atoms with Gasteiger partial charge in [-0.25, -0.2) is 4.79 Å². The van der Waals surface area contributed by atoms with Crippen molar-refractivity contribution in [2.45, 2.75) is 38.0 Å². The van der Waals surface area contributed by atoms with Gasteiger partial charge in [0.05, 0.1) is 0 Å². The average molecular weight is 254 g/mol. The van der Waals surface area contributed by atoms with Crippen molar-refractivity contribution in [1.29, 1.82) is 0 Å². The molecular formula is C17H18O2. The van der Waals surface area contributed by atoms with Crippen LogP contribution in [0.25, 0.3) is 0 Å². The second-order valence-corrected chi connectivity index (χ2v) is 6.25. The van der Waals surface area contributed by atoms with Gasteiger partial charge in [0, 0.05) is 5.57 Å². The summed E-state index contributed by atoms with van der Waals surface area (Å²) >= 11 is 0. The van der Waals surface area contributed by atoms with Crippen LogP contribution >= 0.6 is 0 Å². The summed E-state index contributed by atoms with van der Waals surface area (Å²) in [5, 5.41) is 0. The molecule has 0 radical (unpaired) electrons. The Bertz CT molecular complexity index is 599. The second kappa shape index (κ2) is 3.72. The number of carbonyl (C=O) groups excluding carboxylic acids is 1. The topological polar surface area (TPSA) is 26.3 Å². The summed E-state index contributed by atoms with van der Waals surface area (Å²) in [6.07, 6.45) is 4.24. The van der Waals surface area contributed by atoms with Crippen LogP contribution in [0, 0.1) is 5.92 Å². The number of fused-ring (bicyclic) bond motifs is 4. The smallest absolute Gasteiger partial charge is 0.334 e. The number of cyclic esters (lactones) is 1. The summed E-state index contributed by atoms with van der Waals surface area (Å²) < 4.78 is 5.27. The molecule has 4 rings (SSSR count). The van der Waals surface area contributed by atoms with Crippen LogP contribution in [0.3, 0.4) is 0 Å². The van der Waals surface area contributed by atoms with E-state index >= 15 is 0 Å². The minimum absolute atomic E-state index is 0.0593. The van der Waals surface area contributed by atoms with E-state index in [1.165, 1.54) is 16.7 Å². The fourth-order valence-electron chi connectivity index (χ4n) is 4.38. The molecule has 1 aliphatic heterocycles. The van der Waals surface area contributed by atoms with Gasteiger partial charge >= 0.3 is 5.97 Å². The number of carbonyl (C=O) groups is 1. The minimum atomic E-state index is -0.0593. The van der Waals surface area contributed by atoms with Crippen LogP contribution in [0.4, 0.5) is 0 Å². The maximum atomic E-state index is 11.8. The van der Waals surface area contributed by atoms with Gasteiger partial charge in [0.2, 0.25) is 0 Å². The first-order valence-electron chi connectivity index (χ1n) is 7.17. The maximum absolute atomic E-state index is 11.8. The number of ether oxygens (including phenoxy) is 1. The van der Waals surface area contributed by atoms with Crippen molar-refractivity contribution in [3.63, 3.8) is 0 Å². The van der Waals surface area contributed by atoms with Gasteiger partial charge in [0.25, 0.3) is 0 Å². The van der Waals surface area contributed by atoms with E-state index in [0.717, 1.165) is 31.3 Å². The Morgan fingerprint density at radius 3 is 3.00 bits per heavy atom. The summed E-state index contributed by atoms with van der Waals surface area (Å²) in [4.78, 5) is 11.8. The minimum Gasteiger partial charge on any atom is -0.458 e. The highest BCUT2D eigenvalue weighted by molar-refractivity contribution is 5.92. The van der Waals surface area contributed by atoms with Gasteiger partial charge in [0.1, 0.15) is 6.61 Å². The second-order valence-electron chi connectivity index (χ2n) is 6.25. The first-order chi connectivity index (χ1) is 9.20. The van der Waals surface area contributed by atoms with Crippen LogP contribution < -0.4 is 0 Å². The molecule has 19 heavy (non-hydrogen) atoms. The number of benzene rings is 1. The standard InChI is InChI=1S/C17H18O2/c1-17-9-8-12-13(10-19-16(12)18)15(17)7-6-11-4-2-3-5-14(11)17/h2-5,15H,6-10H2,1H3/t15-,17+/m0/s1. The third kappa shape index (κ3) is 1.40. The lowest BCUT2D eigenvalue weighted by Gasteiger charge is -2.46. The molecule has 0 unspecified atom stereocenters. The number of hydrogen-bond acceptors (Lipinski definition) is 2. The van der Waals surface area contributed by atoms with E-state index in [1.54, 1.807) is 0 Å². The molecule has 2 heteroatoms. The van der Waals surface area contributed by atoms with E-state index in [9.17, 15) is 4.79 Å². The highest BCUT2D eigenvalue weighted by Crippen LogP contribution is 2.53. The first-order valence-corrected chi connectivity index (χ1v) is 7.17. The van der Waals surface area contributed by atoms with Gasteiger partial charge in [-0.05, 0) is 53.7 Å². The lowest BCUT2D eigenvalue weighted by molar-refractivity contribution is -0.136. The molecule has 2 aliphatic carbocycles. The normalized spacial score (nSPS) is 32.5. The lowest BCUT2D eigenvalue weighted by Crippen LogP contribution is -2.41. The first kappa shape index (κ1) is 11.3. The van der Waals surface area contributed by atoms with Crippen LogP contribution in [0.5, 0.6) is 0 Å². The predicted octanol–water partition coefficient (Wildman–Crippen LogP) is 3.15. The Labute approximate surface area is 113 Å². The van der Waals surface area contributed by atoms with Crippen LogP contribution in [0.2, 0.25) is 0 Å². The van der Waals surface area contributed by atoms with Gasteiger partial charge in [-0.3, -0.25) is 0 Å². The van der Waals surface area contributed by atoms with Crippen LogP contribution in [0.1, 0.15) is 37.3 Å². The molecule has 0 fully saturated rings. The molecule has 0 saturated carbocycles. The fraction of sp³-hybridized carbons (Fsp3) is 0.471. The van der Waals surface area contributed by atoms with Crippen molar-refractivity contribution in [2.75, 3.05) is 6.61 Å². The van der Waals surface area contributed by atoms with Crippen molar-refractivity contribution < 1.29 is 9.53 Å².